The Bertz CT molecular complexity index is 880. The van der Waals surface area contributed by atoms with Crippen LogP contribution in [0.3, 0.4) is 0 Å². The molecule has 1 fully saturated rings. The Kier molecular flexibility index (Phi) is 4.67. The van der Waals surface area contributed by atoms with E-state index in [1.54, 1.807) is 17.9 Å². The molecule has 8 nitrogen and oxygen atoms in total. The normalized spacial score (nSPS) is 15.4. The summed E-state index contributed by atoms with van der Waals surface area (Å²) in [7, 11) is 1.89. The molecule has 0 saturated carbocycles. The summed E-state index contributed by atoms with van der Waals surface area (Å²) in [4.78, 5) is 24.9. The molecule has 0 atom stereocenters. The second kappa shape index (κ2) is 6.75. The van der Waals surface area contributed by atoms with E-state index in [0.717, 1.165) is 18.7 Å². The minimum atomic E-state index is -0.438. The van der Waals surface area contributed by atoms with Crippen LogP contribution in [-0.4, -0.2) is 43.6 Å². The fraction of sp³-hybridized carbons (Fsp3) is 0.438. The van der Waals surface area contributed by atoms with Gasteiger partial charge in [-0.3, -0.25) is 20.0 Å². The number of benzene rings is 1. The Morgan fingerprint density at radius 3 is 2.60 bits per heavy atom. The Balaban J connectivity index is 1.69. The zero-order valence-electron chi connectivity index (χ0n) is 14.1. The Labute approximate surface area is 149 Å². The van der Waals surface area contributed by atoms with Gasteiger partial charge in [-0.15, -0.1) is 0 Å². The van der Waals surface area contributed by atoms with E-state index in [1.807, 2.05) is 11.6 Å². The minimum absolute atomic E-state index is 0.0287. The summed E-state index contributed by atoms with van der Waals surface area (Å²) < 4.78 is 2.46. The number of aromatic nitrogens is 3. The van der Waals surface area contributed by atoms with Gasteiger partial charge in [-0.2, -0.15) is 5.10 Å². The number of aryl methyl sites for hydroxylation is 1. The van der Waals surface area contributed by atoms with Crippen molar-refractivity contribution in [3.05, 3.63) is 50.0 Å². The zero-order chi connectivity index (χ0) is 18.1. The standard InChI is InChI=1S/C16H19N5O3S/c1-10-9-12(3-4-13(10)21(23)24)15(22)20-7-5-11(6-8-20)14-17-18-16(25)19(14)2/h3-4,9,11H,5-8H2,1-2H3,(H,18,25). The number of rotatable bonds is 3. The summed E-state index contributed by atoms with van der Waals surface area (Å²) in [5, 5.41) is 18.0. The van der Waals surface area contributed by atoms with Crippen LogP contribution in [0.25, 0.3) is 0 Å². The van der Waals surface area contributed by atoms with Crippen LogP contribution in [-0.2, 0) is 7.05 Å². The van der Waals surface area contributed by atoms with Crippen LogP contribution in [0.2, 0.25) is 0 Å². The molecule has 2 aromatic rings. The summed E-state index contributed by atoms with van der Waals surface area (Å²) in [6, 6.07) is 4.50. The average Bonchev–Trinajstić information content (AvgIpc) is 2.93. The van der Waals surface area contributed by atoms with Gasteiger partial charge in [-0.05, 0) is 44.1 Å². The van der Waals surface area contributed by atoms with Crippen molar-refractivity contribution in [3.8, 4) is 0 Å². The minimum Gasteiger partial charge on any atom is -0.339 e. The molecule has 0 spiro atoms. The highest BCUT2D eigenvalue weighted by atomic mass is 32.1. The van der Waals surface area contributed by atoms with Crippen molar-refractivity contribution in [2.24, 2.45) is 7.05 Å². The van der Waals surface area contributed by atoms with Crippen LogP contribution in [0.15, 0.2) is 18.2 Å². The number of carbonyl (C=O) groups is 1. The predicted molar refractivity (Wildman–Crippen MR) is 94.1 cm³/mol. The molecule has 3 rings (SSSR count). The van der Waals surface area contributed by atoms with Crippen molar-refractivity contribution in [1.29, 1.82) is 0 Å². The van der Waals surface area contributed by atoms with Crippen LogP contribution >= 0.6 is 12.2 Å². The van der Waals surface area contributed by atoms with Crippen LogP contribution in [0, 0.1) is 21.8 Å². The molecule has 1 aliphatic rings. The Morgan fingerprint density at radius 2 is 2.08 bits per heavy atom. The van der Waals surface area contributed by atoms with Crippen molar-refractivity contribution in [2.45, 2.75) is 25.7 Å². The number of amides is 1. The largest absolute Gasteiger partial charge is 0.339 e. The lowest BCUT2D eigenvalue weighted by Gasteiger charge is -2.31. The molecule has 0 radical (unpaired) electrons. The second-order valence-electron chi connectivity index (χ2n) is 6.27. The number of nitro benzene ring substituents is 1. The van der Waals surface area contributed by atoms with E-state index in [1.165, 1.54) is 12.1 Å². The number of piperidine rings is 1. The van der Waals surface area contributed by atoms with Crippen molar-refractivity contribution >= 4 is 23.8 Å². The highest BCUT2D eigenvalue weighted by Crippen LogP contribution is 2.28. The van der Waals surface area contributed by atoms with E-state index in [0.29, 0.717) is 29.0 Å². The van der Waals surface area contributed by atoms with Gasteiger partial charge in [-0.25, -0.2) is 0 Å². The zero-order valence-corrected chi connectivity index (χ0v) is 14.9. The Morgan fingerprint density at radius 1 is 1.40 bits per heavy atom. The van der Waals surface area contributed by atoms with Gasteiger partial charge in [-0.1, -0.05) is 0 Å². The summed E-state index contributed by atoms with van der Waals surface area (Å²) in [5.41, 5.74) is 1.01. The lowest BCUT2D eigenvalue weighted by Crippen LogP contribution is -2.38. The highest BCUT2D eigenvalue weighted by Gasteiger charge is 2.27. The quantitative estimate of drug-likeness (QED) is 0.515. The first-order chi connectivity index (χ1) is 11.9. The molecule has 132 valence electrons. The molecule has 0 unspecified atom stereocenters. The summed E-state index contributed by atoms with van der Waals surface area (Å²) >= 11 is 5.15. The van der Waals surface area contributed by atoms with Crippen LogP contribution < -0.4 is 0 Å². The maximum atomic E-state index is 12.7. The first kappa shape index (κ1) is 17.3. The number of H-pyrrole nitrogens is 1. The predicted octanol–water partition coefficient (Wildman–Crippen LogP) is 2.71. The third-order valence-corrected chi connectivity index (χ3v) is 5.07. The van der Waals surface area contributed by atoms with Gasteiger partial charge in [0.1, 0.15) is 5.82 Å². The van der Waals surface area contributed by atoms with Gasteiger partial charge in [0.05, 0.1) is 4.92 Å². The lowest BCUT2D eigenvalue weighted by molar-refractivity contribution is -0.385. The van der Waals surface area contributed by atoms with Crippen molar-refractivity contribution in [2.75, 3.05) is 13.1 Å². The molecule has 1 saturated heterocycles. The van der Waals surface area contributed by atoms with E-state index in [9.17, 15) is 14.9 Å². The SMILES string of the molecule is Cc1cc(C(=O)N2CCC(c3n[nH]c(=S)n3C)CC2)ccc1[N+](=O)[O-]. The topological polar surface area (TPSA) is 97.1 Å². The molecule has 1 aromatic carbocycles. The number of aromatic amines is 1. The van der Waals surface area contributed by atoms with Crippen molar-refractivity contribution in [3.63, 3.8) is 0 Å². The van der Waals surface area contributed by atoms with E-state index in [2.05, 4.69) is 10.2 Å². The number of hydrogen-bond donors (Lipinski definition) is 1. The smallest absolute Gasteiger partial charge is 0.272 e. The third kappa shape index (κ3) is 3.32. The van der Waals surface area contributed by atoms with Gasteiger partial charge in [0.2, 0.25) is 0 Å². The molecule has 2 heterocycles. The van der Waals surface area contributed by atoms with Crippen molar-refractivity contribution < 1.29 is 9.72 Å². The molecule has 1 aromatic heterocycles. The molecular weight excluding hydrogens is 342 g/mol. The number of nitro groups is 1. The van der Waals surface area contributed by atoms with Crippen LogP contribution in [0.5, 0.6) is 0 Å². The Hall–Kier alpha value is -2.55. The molecule has 0 bridgehead atoms. The monoisotopic (exact) mass is 361 g/mol. The van der Waals surface area contributed by atoms with Gasteiger partial charge in [0, 0.05) is 43.2 Å². The maximum absolute atomic E-state index is 12.7. The van der Waals surface area contributed by atoms with Crippen LogP contribution in [0.1, 0.15) is 40.5 Å². The first-order valence-corrected chi connectivity index (χ1v) is 8.45. The summed E-state index contributed by atoms with van der Waals surface area (Å²) in [6.45, 7) is 2.89. The fourth-order valence-corrected chi connectivity index (χ4v) is 3.38. The highest BCUT2D eigenvalue weighted by molar-refractivity contribution is 7.71. The van der Waals surface area contributed by atoms with E-state index in [4.69, 9.17) is 12.2 Å². The molecular formula is C16H19N5O3S. The number of hydrogen-bond acceptors (Lipinski definition) is 5. The lowest BCUT2D eigenvalue weighted by atomic mass is 9.95. The number of carbonyl (C=O) groups excluding carboxylic acids is 1. The molecule has 1 aliphatic heterocycles. The molecule has 1 N–H and O–H groups in total. The van der Waals surface area contributed by atoms with E-state index in [-0.39, 0.29) is 17.5 Å². The molecule has 1 amide bonds. The van der Waals surface area contributed by atoms with Crippen molar-refractivity contribution in [1.82, 2.24) is 19.7 Å². The third-order valence-electron chi connectivity index (χ3n) is 4.70. The number of nitrogens with zero attached hydrogens (tertiary/aromatic N) is 4. The summed E-state index contributed by atoms with van der Waals surface area (Å²) in [5.74, 6) is 1.09. The fourth-order valence-electron chi connectivity index (χ4n) is 3.24. The summed E-state index contributed by atoms with van der Waals surface area (Å²) in [6.07, 6.45) is 1.62. The van der Waals surface area contributed by atoms with Gasteiger partial charge in [0.15, 0.2) is 4.77 Å². The van der Waals surface area contributed by atoms with Gasteiger partial charge >= 0.3 is 0 Å². The first-order valence-electron chi connectivity index (χ1n) is 8.04. The van der Waals surface area contributed by atoms with Gasteiger partial charge in [0.25, 0.3) is 11.6 Å². The van der Waals surface area contributed by atoms with E-state index < -0.39 is 4.92 Å². The van der Waals surface area contributed by atoms with Crippen LogP contribution in [0.4, 0.5) is 5.69 Å². The molecule has 0 aliphatic carbocycles. The number of likely N-dealkylation sites (tertiary alicyclic amines) is 1. The second-order valence-corrected chi connectivity index (χ2v) is 6.66. The maximum Gasteiger partial charge on any atom is 0.272 e. The molecule has 9 heteroatoms. The number of nitrogens with one attached hydrogen (secondary N) is 1. The van der Waals surface area contributed by atoms with Gasteiger partial charge < -0.3 is 9.47 Å². The van der Waals surface area contributed by atoms with E-state index >= 15 is 0 Å². The average molecular weight is 361 g/mol. The molecule has 25 heavy (non-hydrogen) atoms.